The van der Waals surface area contributed by atoms with Crippen LogP contribution in [-0.2, 0) is 9.47 Å². The van der Waals surface area contributed by atoms with E-state index >= 15 is 0 Å². The highest BCUT2D eigenvalue weighted by molar-refractivity contribution is 9.09. The van der Waals surface area contributed by atoms with Crippen molar-refractivity contribution in [1.29, 1.82) is 0 Å². The van der Waals surface area contributed by atoms with E-state index in [1.54, 1.807) is 7.11 Å². The van der Waals surface area contributed by atoms with Crippen molar-refractivity contribution in [3.8, 4) is 0 Å². The molecule has 2 saturated carbocycles. The van der Waals surface area contributed by atoms with Crippen LogP contribution in [0.15, 0.2) is 0 Å². The van der Waals surface area contributed by atoms with Crippen molar-refractivity contribution in [2.24, 2.45) is 0 Å². The Morgan fingerprint density at radius 1 is 1.14 bits per heavy atom. The molecule has 2 fully saturated rings. The SMILES string of the molecule is COC1C(Br)CC1OC1CCCCC1. The lowest BCUT2D eigenvalue weighted by Crippen LogP contribution is -2.51. The van der Waals surface area contributed by atoms with Crippen molar-refractivity contribution >= 4 is 15.9 Å². The van der Waals surface area contributed by atoms with Crippen LogP contribution in [0.2, 0.25) is 0 Å². The summed E-state index contributed by atoms with van der Waals surface area (Å²) in [6, 6.07) is 0. The lowest BCUT2D eigenvalue weighted by Gasteiger charge is -2.42. The summed E-state index contributed by atoms with van der Waals surface area (Å²) >= 11 is 3.59. The molecule has 14 heavy (non-hydrogen) atoms. The van der Waals surface area contributed by atoms with Crippen LogP contribution < -0.4 is 0 Å². The molecule has 0 bridgehead atoms. The van der Waals surface area contributed by atoms with Gasteiger partial charge in [-0.3, -0.25) is 0 Å². The summed E-state index contributed by atoms with van der Waals surface area (Å²) in [4.78, 5) is 0.501. The van der Waals surface area contributed by atoms with Crippen LogP contribution in [0.5, 0.6) is 0 Å². The Balaban J connectivity index is 1.74. The fourth-order valence-corrected chi connectivity index (χ4v) is 3.33. The normalized spacial score (nSPS) is 39.4. The number of ether oxygens (including phenoxy) is 2. The minimum atomic E-state index is 0.275. The van der Waals surface area contributed by atoms with Crippen LogP contribution >= 0.6 is 15.9 Å². The molecule has 0 radical (unpaired) electrons. The van der Waals surface area contributed by atoms with Crippen LogP contribution in [0, 0.1) is 0 Å². The molecule has 2 aliphatic carbocycles. The number of methoxy groups -OCH3 is 1. The molecule has 0 amide bonds. The summed E-state index contributed by atoms with van der Waals surface area (Å²) in [6.45, 7) is 0. The van der Waals surface area contributed by atoms with Gasteiger partial charge in [-0.15, -0.1) is 0 Å². The lowest BCUT2D eigenvalue weighted by atomic mass is 9.90. The molecule has 0 heterocycles. The smallest absolute Gasteiger partial charge is 0.0958 e. The molecule has 2 nitrogen and oxygen atoms in total. The van der Waals surface area contributed by atoms with Gasteiger partial charge < -0.3 is 9.47 Å². The topological polar surface area (TPSA) is 18.5 Å². The van der Waals surface area contributed by atoms with Gasteiger partial charge >= 0.3 is 0 Å². The zero-order chi connectivity index (χ0) is 9.97. The highest BCUT2D eigenvalue weighted by Crippen LogP contribution is 2.35. The van der Waals surface area contributed by atoms with E-state index in [9.17, 15) is 0 Å². The minimum Gasteiger partial charge on any atom is -0.378 e. The molecule has 0 spiro atoms. The summed E-state index contributed by atoms with van der Waals surface area (Å²) in [6.07, 6.45) is 8.80. The zero-order valence-electron chi connectivity index (χ0n) is 8.75. The van der Waals surface area contributed by atoms with E-state index in [1.165, 1.54) is 32.1 Å². The maximum atomic E-state index is 6.05. The molecule has 0 aromatic carbocycles. The quantitative estimate of drug-likeness (QED) is 0.729. The number of hydrogen-bond donors (Lipinski definition) is 0. The van der Waals surface area contributed by atoms with Crippen LogP contribution in [-0.4, -0.2) is 30.2 Å². The summed E-state index contributed by atoms with van der Waals surface area (Å²) in [5.41, 5.74) is 0. The molecule has 0 aromatic rings. The largest absolute Gasteiger partial charge is 0.378 e. The van der Waals surface area contributed by atoms with Crippen molar-refractivity contribution < 1.29 is 9.47 Å². The third-order valence-corrected chi connectivity index (χ3v) is 4.27. The van der Waals surface area contributed by atoms with E-state index in [0.717, 1.165) is 6.42 Å². The van der Waals surface area contributed by atoms with Gasteiger partial charge in [0.15, 0.2) is 0 Å². The van der Waals surface area contributed by atoms with Gasteiger partial charge in [-0.2, -0.15) is 0 Å². The molecule has 2 aliphatic rings. The average Bonchev–Trinajstić information content (AvgIpc) is 2.19. The molecule has 3 heteroatoms. The van der Waals surface area contributed by atoms with Gasteiger partial charge in [0.25, 0.3) is 0 Å². The maximum Gasteiger partial charge on any atom is 0.0958 e. The zero-order valence-corrected chi connectivity index (χ0v) is 10.3. The summed E-state index contributed by atoms with van der Waals surface area (Å²) in [7, 11) is 1.77. The Morgan fingerprint density at radius 2 is 1.86 bits per heavy atom. The Morgan fingerprint density at radius 3 is 2.43 bits per heavy atom. The fraction of sp³-hybridized carbons (Fsp3) is 1.00. The first-order chi connectivity index (χ1) is 6.81. The van der Waals surface area contributed by atoms with Crippen LogP contribution in [0.1, 0.15) is 38.5 Å². The monoisotopic (exact) mass is 262 g/mol. The first kappa shape index (κ1) is 10.9. The highest BCUT2D eigenvalue weighted by atomic mass is 79.9. The summed E-state index contributed by atoms with van der Waals surface area (Å²) in [5.74, 6) is 0. The molecular formula is C11H19BrO2. The van der Waals surface area contributed by atoms with Gasteiger partial charge in [-0.25, -0.2) is 0 Å². The summed E-state index contributed by atoms with van der Waals surface area (Å²) < 4.78 is 11.4. The Hall–Kier alpha value is 0.400. The van der Waals surface area contributed by atoms with E-state index < -0.39 is 0 Å². The fourth-order valence-electron chi connectivity index (χ4n) is 2.41. The van der Waals surface area contributed by atoms with Gasteiger partial charge in [0.05, 0.1) is 18.3 Å². The van der Waals surface area contributed by atoms with E-state index in [1.807, 2.05) is 0 Å². The standard InChI is InChI=1S/C11H19BrO2/c1-13-11-9(12)7-10(11)14-8-5-3-2-4-6-8/h8-11H,2-7H2,1H3. The van der Waals surface area contributed by atoms with Crippen LogP contribution in [0.25, 0.3) is 0 Å². The maximum absolute atomic E-state index is 6.05. The Labute approximate surface area is 94.5 Å². The van der Waals surface area contributed by atoms with Crippen LogP contribution in [0.4, 0.5) is 0 Å². The van der Waals surface area contributed by atoms with Gasteiger partial charge in [0, 0.05) is 11.9 Å². The number of rotatable bonds is 3. The summed E-state index contributed by atoms with van der Waals surface area (Å²) in [5, 5.41) is 0. The second-order valence-corrected chi connectivity index (χ2v) is 5.56. The first-order valence-corrected chi connectivity index (χ1v) is 6.55. The van der Waals surface area contributed by atoms with E-state index in [4.69, 9.17) is 9.47 Å². The number of hydrogen-bond acceptors (Lipinski definition) is 2. The van der Waals surface area contributed by atoms with Crippen molar-refractivity contribution in [1.82, 2.24) is 0 Å². The van der Waals surface area contributed by atoms with Gasteiger partial charge in [-0.05, 0) is 19.3 Å². The average molecular weight is 263 g/mol. The predicted octanol–water partition coefficient (Wildman–Crippen LogP) is 2.89. The molecule has 0 aromatic heterocycles. The van der Waals surface area contributed by atoms with E-state index in [2.05, 4.69) is 15.9 Å². The molecule has 0 aliphatic heterocycles. The van der Waals surface area contributed by atoms with E-state index in [0.29, 0.717) is 17.0 Å². The second kappa shape index (κ2) is 4.95. The molecule has 0 saturated heterocycles. The molecule has 3 unspecified atom stereocenters. The molecule has 2 rings (SSSR count). The molecule has 0 N–H and O–H groups in total. The third kappa shape index (κ3) is 2.31. The molecular weight excluding hydrogens is 244 g/mol. The van der Waals surface area contributed by atoms with Gasteiger partial charge in [-0.1, -0.05) is 35.2 Å². The minimum absolute atomic E-state index is 0.275. The number of halogens is 1. The third-order valence-electron chi connectivity index (χ3n) is 3.37. The van der Waals surface area contributed by atoms with Gasteiger partial charge in [0.2, 0.25) is 0 Å². The van der Waals surface area contributed by atoms with Gasteiger partial charge in [0.1, 0.15) is 0 Å². The lowest BCUT2D eigenvalue weighted by molar-refractivity contribution is -0.140. The second-order valence-electron chi connectivity index (χ2n) is 4.39. The molecule has 82 valence electrons. The van der Waals surface area contributed by atoms with Crippen molar-refractivity contribution in [3.05, 3.63) is 0 Å². The Bertz CT molecular complexity index is 180. The van der Waals surface area contributed by atoms with Crippen molar-refractivity contribution in [3.63, 3.8) is 0 Å². The van der Waals surface area contributed by atoms with E-state index in [-0.39, 0.29) is 6.10 Å². The van der Waals surface area contributed by atoms with Crippen molar-refractivity contribution in [2.45, 2.75) is 61.7 Å². The highest BCUT2D eigenvalue weighted by Gasteiger charge is 2.41. The van der Waals surface area contributed by atoms with Crippen LogP contribution in [0.3, 0.4) is 0 Å². The Kier molecular flexibility index (Phi) is 3.86. The van der Waals surface area contributed by atoms with Crippen molar-refractivity contribution in [2.75, 3.05) is 7.11 Å². The molecule has 3 atom stereocenters. The first-order valence-electron chi connectivity index (χ1n) is 5.63. The number of alkyl halides is 1. The predicted molar refractivity (Wildman–Crippen MR) is 59.9 cm³/mol.